The SMILES string of the molecule is Cc1cncc(N2CCC(n3cc(C(N)=O)cn3)C2)n1. The lowest BCUT2D eigenvalue weighted by Crippen LogP contribution is -2.22. The van der Waals surface area contributed by atoms with E-state index < -0.39 is 5.91 Å². The average Bonchev–Trinajstić information content (AvgIpc) is 3.08. The molecular formula is C13H16N6O. The summed E-state index contributed by atoms with van der Waals surface area (Å²) in [6.07, 6.45) is 7.68. The smallest absolute Gasteiger partial charge is 0.251 e. The molecule has 1 amide bonds. The molecule has 1 atom stereocenters. The Labute approximate surface area is 116 Å². The number of primary amides is 1. The van der Waals surface area contributed by atoms with Gasteiger partial charge in [0.05, 0.1) is 29.7 Å². The quantitative estimate of drug-likeness (QED) is 0.880. The Balaban J connectivity index is 1.74. The molecule has 7 heteroatoms. The summed E-state index contributed by atoms with van der Waals surface area (Å²) in [6, 6.07) is 0.227. The molecule has 0 saturated carbocycles. The molecule has 2 aromatic heterocycles. The first-order valence-electron chi connectivity index (χ1n) is 6.51. The molecule has 104 valence electrons. The van der Waals surface area contributed by atoms with Crippen LogP contribution in [0.25, 0.3) is 0 Å². The summed E-state index contributed by atoms with van der Waals surface area (Å²) in [4.78, 5) is 21.9. The van der Waals surface area contributed by atoms with Crippen LogP contribution in [0, 0.1) is 6.92 Å². The molecule has 0 bridgehead atoms. The van der Waals surface area contributed by atoms with E-state index in [-0.39, 0.29) is 6.04 Å². The van der Waals surface area contributed by atoms with E-state index in [0.717, 1.165) is 31.0 Å². The molecule has 0 radical (unpaired) electrons. The number of rotatable bonds is 3. The maximum Gasteiger partial charge on any atom is 0.251 e. The first-order valence-corrected chi connectivity index (χ1v) is 6.51. The van der Waals surface area contributed by atoms with Gasteiger partial charge in [-0.25, -0.2) is 4.98 Å². The zero-order valence-electron chi connectivity index (χ0n) is 11.2. The zero-order valence-corrected chi connectivity index (χ0v) is 11.2. The van der Waals surface area contributed by atoms with E-state index in [1.165, 1.54) is 6.20 Å². The van der Waals surface area contributed by atoms with Gasteiger partial charge in [0.2, 0.25) is 0 Å². The fraction of sp³-hybridized carbons (Fsp3) is 0.385. The average molecular weight is 272 g/mol. The maximum absolute atomic E-state index is 11.1. The van der Waals surface area contributed by atoms with Crippen molar-refractivity contribution in [3.63, 3.8) is 0 Å². The van der Waals surface area contributed by atoms with Crippen molar-refractivity contribution in [1.29, 1.82) is 0 Å². The zero-order chi connectivity index (χ0) is 14.1. The van der Waals surface area contributed by atoms with Crippen molar-refractivity contribution >= 4 is 11.7 Å². The Morgan fingerprint density at radius 3 is 2.95 bits per heavy atom. The van der Waals surface area contributed by atoms with Gasteiger partial charge in [-0.1, -0.05) is 0 Å². The highest BCUT2D eigenvalue weighted by Gasteiger charge is 2.26. The normalized spacial score (nSPS) is 18.4. The molecule has 0 spiro atoms. The van der Waals surface area contributed by atoms with E-state index in [1.807, 2.05) is 11.6 Å². The van der Waals surface area contributed by atoms with Crippen molar-refractivity contribution in [3.8, 4) is 0 Å². The summed E-state index contributed by atoms with van der Waals surface area (Å²) < 4.78 is 1.81. The van der Waals surface area contributed by atoms with Crippen LogP contribution in [0.1, 0.15) is 28.5 Å². The third-order valence-corrected chi connectivity index (χ3v) is 3.49. The number of amides is 1. The highest BCUT2D eigenvalue weighted by atomic mass is 16.1. The lowest BCUT2D eigenvalue weighted by atomic mass is 10.3. The number of aromatic nitrogens is 4. The Morgan fingerprint density at radius 2 is 2.25 bits per heavy atom. The van der Waals surface area contributed by atoms with E-state index in [9.17, 15) is 4.79 Å². The van der Waals surface area contributed by atoms with Crippen molar-refractivity contribution in [2.75, 3.05) is 18.0 Å². The minimum atomic E-state index is -0.448. The first kappa shape index (κ1) is 12.6. The molecule has 1 aliphatic rings. The minimum absolute atomic E-state index is 0.227. The predicted molar refractivity (Wildman–Crippen MR) is 73.4 cm³/mol. The van der Waals surface area contributed by atoms with Gasteiger partial charge in [-0.3, -0.25) is 14.5 Å². The largest absolute Gasteiger partial charge is 0.366 e. The number of carbonyl (C=O) groups is 1. The Morgan fingerprint density at radius 1 is 1.40 bits per heavy atom. The molecule has 3 heterocycles. The minimum Gasteiger partial charge on any atom is -0.366 e. The van der Waals surface area contributed by atoms with Crippen LogP contribution in [0.3, 0.4) is 0 Å². The van der Waals surface area contributed by atoms with Gasteiger partial charge in [0, 0.05) is 25.5 Å². The van der Waals surface area contributed by atoms with Gasteiger partial charge in [0.25, 0.3) is 5.91 Å². The Kier molecular flexibility index (Phi) is 3.09. The highest BCUT2D eigenvalue weighted by Crippen LogP contribution is 2.25. The number of hydrogen-bond donors (Lipinski definition) is 1. The monoisotopic (exact) mass is 272 g/mol. The lowest BCUT2D eigenvalue weighted by Gasteiger charge is -2.17. The van der Waals surface area contributed by atoms with Gasteiger partial charge in [0.15, 0.2) is 0 Å². The second kappa shape index (κ2) is 4.92. The van der Waals surface area contributed by atoms with Crippen LogP contribution in [0.2, 0.25) is 0 Å². The predicted octanol–water partition coefficient (Wildman–Crippen LogP) is 0.532. The molecule has 0 aromatic carbocycles. The van der Waals surface area contributed by atoms with Crippen molar-refractivity contribution < 1.29 is 4.79 Å². The van der Waals surface area contributed by atoms with Gasteiger partial charge in [-0.2, -0.15) is 5.10 Å². The van der Waals surface area contributed by atoms with Gasteiger partial charge in [-0.15, -0.1) is 0 Å². The number of anilines is 1. The van der Waals surface area contributed by atoms with Crippen LogP contribution < -0.4 is 10.6 Å². The molecule has 1 saturated heterocycles. The maximum atomic E-state index is 11.1. The van der Waals surface area contributed by atoms with Crippen LogP contribution in [-0.2, 0) is 0 Å². The number of hydrogen-bond acceptors (Lipinski definition) is 5. The summed E-state index contributed by atoms with van der Waals surface area (Å²) in [6.45, 7) is 3.63. The van der Waals surface area contributed by atoms with Gasteiger partial charge in [0.1, 0.15) is 5.82 Å². The van der Waals surface area contributed by atoms with Crippen LogP contribution in [0.4, 0.5) is 5.82 Å². The molecular weight excluding hydrogens is 256 g/mol. The van der Waals surface area contributed by atoms with E-state index in [0.29, 0.717) is 5.56 Å². The molecule has 1 aliphatic heterocycles. The van der Waals surface area contributed by atoms with E-state index in [1.54, 1.807) is 18.6 Å². The van der Waals surface area contributed by atoms with Crippen LogP contribution in [0.15, 0.2) is 24.8 Å². The first-order chi connectivity index (χ1) is 9.63. The van der Waals surface area contributed by atoms with Crippen molar-refractivity contribution in [2.24, 2.45) is 5.73 Å². The second-order valence-electron chi connectivity index (χ2n) is 4.98. The topological polar surface area (TPSA) is 89.9 Å². The third kappa shape index (κ3) is 2.34. The number of carbonyl (C=O) groups excluding carboxylic acids is 1. The van der Waals surface area contributed by atoms with Crippen molar-refractivity contribution in [3.05, 3.63) is 36.0 Å². The fourth-order valence-corrected chi connectivity index (χ4v) is 2.43. The summed E-state index contributed by atoms with van der Waals surface area (Å²) >= 11 is 0. The molecule has 7 nitrogen and oxygen atoms in total. The lowest BCUT2D eigenvalue weighted by molar-refractivity contribution is 0.1000. The molecule has 3 rings (SSSR count). The highest BCUT2D eigenvalue weighted by molar-refractivity contribution is 5.92. The summed E-state index contributed by atoms with van der Waals surface area (Å²) in [5.74, 6) is 0.436. The number of nitrogens with zero attached hydrogens (tertiary/aromatic N) is 5. The van der Waals surface area contributed by atoms with Crippen molar-refractivity contribution in [1.82, 2.24) is 19.7 Å². The molecule has 1 unspecified atom stereocenters. The van der Waals surface area contributed by atoms with Crippen molar-refractivity contribution in [2.45, 2.75) is 19.4 Å². The van der Waals surface area contributed by atoms with E-state index in [4.69, 9.17) is 5.73 Å². The van der Waals surface area contributed by atoms with Crippen LogP contribution >= 0.6 is 0 Å². The van der Waals surface area contributed by atoms with Gasteiger partial charge in [-0.05, 0) is 13.3 Å². The fourth-order valence-electron chi connectivity index (χ4n) is 2.43. The number of aryl methyl sites for hydroxylation is 1. The molecule has 1 fully saturated rings. The Bertz CT molecular complexity index is 637. The van der Waals surface area contributed by atoms with E-state index in [2.05, 4.69) is 20.0 Å². The second-order valence-corrected chi connectivity index (χ2v) is 4.98. The molecule has 2 N–H and O–H groups in total. The van der Waals surface area contributed by atoms with Crippen LogP contribution in [0.5, 0.6) is 0 Å². The standard InChI is InChI=1S/C13H16N6O/c1-9-4-15-6-12(17-9)18-3-2-11(8-18)19-7-10(5-16-19)13(14)20/h4-7,11H,2-3,8H2,1H3,(H2,14,20). The summed E-state index contributed by atoms with van der Waals surface area (Å²) in [7, 11) is 0. The van der Waals surface area contributed by atoms with Gasteiger partial charge >= 0.3 is 0 Å². The van der Waals surface area contributed by atoms with Crippen LogP contribution in [-0.4, -0.2) is 38.7 Å². The molecule has 2 aromatic rings. The third-order valence-electron chi connectivity index (χ3n) is 3.49. The summed E-state index contributed by atoms with van der Waals surface area (Å²) in [5.41, 5.74) is 6.59. The number of nitrogens with two attached hydrogens (primary N) is 1. The summed E-state index contributed by atoms with van der Waals surface area (Å²) in [5, 5.41) is 4.22. The molecule has 20 heavy (non-hydrogen) atoms. The van der Waals surface area contributed by atoms with E-state index >= 15 is 0 Å². The Hall–Kier alpha value is -2.44. The van der Waals surface area contributed by atoms with Gasteiger partial charge < -0.3 is 10.6 Å². The molecule has 0 aliphatic carbocycles.